The van der Waals surface area contributed by atoms with Crippen molar-refractivity contribution in [2.45, 2.75) is 326 Å². The minimum atomic E-state index is -1.58. The zero-order valence-corrected chi connectivity index (χ0v) is 54.3. The molecule has 1 fully saturated rings. The van der Waals surface area contributed by atoms with Crippen molar-refractivity contribution >= 4 is 5.91 Å². The van der Waals surface area contributed by atoms with Crippen molar-refractivity contribution in [3.63, 3.8) is 0 Å². The van der Waals surface area contributed by atoms with E-state index in [1.54, 1.807) is 6.08 Å². The number of hydrogen-bond acceptors (Lipinski definition) is 8. The smallest absolute Gasteiger partial charge is 0.220 e. The zero-order valence-electron chi connectivity index (χ0n) is 54.3. The van der Waals surface area contributed by atoms with Gasteiger partial charge in [-0.15, -0.1) is 0 Å². The SMILES string of the molecule is CC/C=C\C/C=C\C/C=C\C/C=C\C/C=C\C/C=C\C/C=C\C/C=C\C/C=C\CCCCCCCCCC(=O)NC(COC1OC(CO)C(O)C(O)C1O)C(O)/C=C/CC/C=C/CCCCCCCCCCCCCCCCCCCCCCC. The first kappa shape index (κ1) is 79.3. The molecule has 1 rings (SSSR count). The van der Waals surface area contributed by atoms with E-state index in [-0.39, 0.29) is 12.5 Å². The van der Waals surface area contributed by atoms with E-state index in [1.165, 1.54) is 154 Å². The van der Waals surface area contributed by atoms with E-state index < -0.39 is 49.5 Å². The first-order chi connectivity index (χ1) is 41.8. The summed E-state index contributed by atoms with van der Waals surface area (Å²) in [6, 6.07) is -0.840. The van der Waals surface area contributed by atoms with E-state index in [4.69, 9.17) is 9.47 Å². The number of nitrogens with one attached hydrogen (secondary N) is 1. The minimum absolute atomic E-state index is 0.201. The number of allylic oxidation sites excluding steroid dienone is 21. The van der Waals surface area contributed by atoms with Crippen molar-refractivity contribution in [3.05, 3.63) is 134 Å². The van der Waals surface area contributed by atoms with Crippen LogP contribution in [0, 0.1) is 0 Å². The third kappa shape index (κ3) is 52.0. The summed E-state index contributed by atoms with van der Waals surface area (Å²) in [5.74, 6) is -0.201. The minimum Gasteiger partial charge on any atom is -0.394 e. The summed E-state index contributed by atoms with van der Waals surface area (Å²) >= 11 is 0. The third-order valence-electron chi connectivity index (χ3n) is 15.7. The highest BCUT2D eigenvalue weighted by atomic mass is 16.7. The van der Waals surface area contributed by atoms with Crippen molar-refractivity contribution in [2.24, 2.45) is 0 Å². The maximum absolute atomic E-state index is 13.1. The fourth-order valence-corrected chi connectivity index (χ4v) is 10.3. The highest BCUT2D eigenvalue weighted by Crippen LogP contribution is 2.23. The average Bonchev–Trinajstić information content (AvgIpc) is 3.71. The van der Waals surface area contributed by atoms with Crippen LogP contribution < -0.4 is 5.32 Å². The summed E-state index contributed by atoms with van der Waals surface area (Å²) in [5.41, 5.74) is 0. The molecule has 6 N–H and O–H groups in total. The molecule has 9 heteroatoms. The molecule has 1 amide bonds. The molecule has 0 saturated carbocycles. The normalized spacial score (nSPS) is 19.0. The molecule has 486 valence electrons. The van der Waals surface area contributed by atoms with E-state index in [0.29, 0.717) is 6.42 Å². The van der Waals surface area contributed by atoms with Gasteiger partial charge in [-0.3, -0.25) is 4.79 Å². The van der Waals surface area contributed by atoms with Gasteiger partial charge in [0.05, 0.1) is 25.4 Å². The van der Waals surface area contributed by atoms with Gasteiger partial charge in [0.25, 0.3) is 0 Å². The van der Waals surface area contributed by atoms with Gasteiger partial charge in [-0.25, -0.2) is 0 Å². The molecule has 1 saturated heterocycles. The van der Waals surface area contributed by atoms with E-state index in [9.17, 15) is 30.3 Å². The van der Waals surface area contributed by atoms with Gasteiger partial charge in [-0.1, -0.05) is 308 Å². The molecular formula is C76H129NO8. The lowest BCUT2D eigenvalue weighted by Gasteiger charge is -2.40. The predicted octanol–water partition coefficient (Wildman–Crippen LogP) is 19.2. The molecule has 0 spiro atoms. The lowest BCUT2D eigenvalue weighted by atomic mass is 9.99. The average molecular weight is 1180 g/mol. The van der Waals surface area contributed by atoms with E-state index in [1.807, 2.05) is 6.08 Å². The van der Waals surface area contributed by atoms with E-state index >= 15 is 0 Å². The van der Waals surface area contributed by atoms with Gasteiger partial charge in [-0.2, -0.15) is 0 Å². The summed E-state index contributed by atoms with van der Waals surface area (Å²) in [5, 5.41) is 54.7. The number of carbonyl (C=O) groups excluding carboxylic acids is 1. The van der Waals surface area contributed by atoms with Crippen molar-refractivity contribution < 1.29 is 39.8 Å². The first-order valence-electron chi connectivity index (χ1n) is 34.9. The summed E-state index contributed by atoms with van der Waals surface area (Å²) in [6.45, 7) is 3.66. The second-order valence-electron chi connectivity index (χ2n) is 23.6. The van der Waals surface area contributed by atoms with Crippen LogP contribution >= 0.6 is 0 Å². The standard InChI is InChI=1S/C76H129NO8/c1-3-5-7-9-11-13-15-17-19-21-23-25-27-29-31-32-33-34-35-36-37-38-40-42-44-46-48-50-52-54-56-58-60-62-64-66-72(80)77-69(68-84-76-75(83)74(82)73(81)71(67-78)85-76)70(79)65-63-61-59-57-55-53-51-49-47-45-43-41-39-30-28-26-24-22-20-18-16-14-12-10-8-6-4-2/h5,7,11,13,17,19,23,25,29,31,33-34,36-37,40,42,46,48,55,57,63,65,69-71,73-76,78-79,81-83H,3-4,6,8-10,12,14-16,18,20-22,24,26-28,30,32,35,38-39,41,43-45,47,49-54,56,58-62,64,66-68H2,1-2H3,(H,77,80)/b7-5-,13-11-,19-17-,25-23-,31-29-,34-33-,37-36-,42-40-,48-46-,57-55+,65-63+. The molecule has 0 aromatic carbocycles. The highest BCUT2D eigenvalue weighted by molar-refractivity contribution is 5.76. The number of rotatable bonds is 59. The number of carbonyl (C=O) groups is 1. The van der Waals surface area contributed by atoms with Crippen molar-refractivity contribution in [2.75, 3.05) is 13.2 Å². The number of hydrogen-bond donors (Lipinski definition) is 6. The van der Waals surface area contributed by atoms with E-state index in [2.05, 4.69) is 141 Å². The molecule has 7 atom stereocenters. The number of aliphatic hydroxyl groups is 5. The number of aliphatic hydroxyl groups excluding tert-OH is 5. The fraction of sp³-hybridized carbons (Fsp3) is 0.697. The Bertz CT molecular complexity index is 1800. The van der Waals surface area contributed by atoms with Crippen LogP contribution in [0.5, 0.6) is 0 Å². The second-order valence-corrected chi connectivity index (χ2v) is 23.6. The lowest BCUT2D eigenvalue weighted by Crippen LogP contribution is -2.60. The van der Waals surface area contributed by atoms with Gasteiger partial charge >= 0.3 is 0 Å². The zero-order chi connectivity index (χ0) is 61.4. The molecule has 85 heavy (non-hydrogen) atoms. The first-order valence-corrected chi connectivity index (χ1v) is 34.9. The van der Waals surface area contributed by atoms with Crippen LogP contribution in [0.1, 0.15) is 284 Å². The largest absolute Gasteiger partial charge is 0.394 e. The Balaban J connectivity index is 2.20. The molecule has 7 unspecified atom stereocenters. The number of unbranched alkanes of at least 4 members (excludes halogenated alkanes) is 29. The molecular weight excluding hydrogens is 1050 g/mol. The van der Waals surface area contributed by atoms with E-state index in [0.717, 1.165) is 109 Å². The van der Waals surface area contributed by atoms with Crippen LogP contribution in [-0.2, 0) is 14.3 Å². The van der Waals surface area contributed by atoms with Crippen LogP contribution in [0.3, 0.4) is 0 Å². The van der Waals surface area contributed by atoms with Gasteiger partial charge < -0.3 is 40.3 Å². The van der Waals surface area contributed by atoms with Gasteiger partial charge in [0, 0.05) is 6.42 Å². The second kappa shape index (κ2) is 63.4. The van der Waals surface area contributed by atoms with Crippen LogP contribution in [-0.4, -0.2) is 87.5 Å². The maximum atomic E-state index is 13.1. The van der Waals surface area contributed by atoms with Crippen LogP contribution in [0.25, 0.3) is 0 Å². The number of ether oxygens (including phenoxy) is 2. The van der Waals surface area contributed by atoms with Crippen molar-refractivity contribution in [1.82, 2.24) is 5.32 Å². The predicted molar refractivity (Wildman–Crippen MR) is 363 cm³/mol. The maximum Gasteiger partial charge on any atom is 0.220 e. The van der Waals surface area contributed by atoms with Gasteiger partial charge in [0.1, 0.15) is 24.4 Å². The summed E-state index contributed by atoms with van der Waals surface area (Å²) in [6.07, 6.45) is 89.7. The Morgan fingerprint density at radius 3 is 1.13 bits per heavy atom. The van der Waals surface area contributed by atoms with Crippen LogP contribution in [0.2, 0.25) is 0 Å². The topological polar surface area (TPSA) is 149 Å². The quantitative estimate of drug-likeness (QED) is 0.0261. The van der Waals surface area contributed by atoms with Crippen molar-refractivity contribution in [1.29, 1.82) is 0 Å². The Morgan fingerprint density at radius 2 is 0.741 bits per heavy atom. The summed E-state index contributed by atoms with van der Waals surface area (Å²) < 4.78 is 11.3. The molecule has 0 bridgehead atoms. The monoisotopic (exact) mass is 1180 g/mol. The molecule has 1 heterocycles. The number of amides is 1. The molecule has 0 aliphatic carbocycles. The molecule has 0 aromatic heterocycles. The molecule has 0 aromatic rings. The summed E-state index contributed by atoms with van der Waals surface area (Å²) in [7, 11) is 0. The molecule has 1 aliphatic heterocycles. The van der Waals surface area contributed by atoms with Gasteiger partial charge in [0.15, 0.2) is 6.29 Å². The van der Waals surface area contributed by atoms with Gasteiger partial charge in [-0.05, 0) is 103 Å². The Morgan fingerprint density at radius 1 is 0.412 bits per heavy atom. The Labute approximate surface area is 521 Å². The fourth-order valence-electron chi connectivity index (χ4n) is 10.3. The van der Waals surface area contributed by atoms with Gasteiger partial charge in [0.2, 0.25) is 5.91 Å². The van der Waals surface area contributed by atoms with Crippen LogP contribution in [0.15, 0.2) is 134 Å². The highest BCUT2D eigenvalue weighted by Gasteiger charge is 2.44. The summed E-state index contributed by atoms with van der Waals surface area (Å²) in [4.78, 5) is 13.1. The Hall–Kier alpha value is -3.67. The Kier molecular flexibility index (Phi) is 59.1. The van der Waals surface area contributed by atoms with Crippen molar-refractivity contribution in [3.8, 4) is 0 Å². The molecule has 1 aliphatic rings. The van der Waals surface area contributed by atoms with Crippen LogP contribution in [0.4, 0.5) is 0 Å². The molecule has 9 nitrogen and oxygen atoms in total. The third-order valence-corrected chi connectivity index (χ3v) is 15.7. The molecule has 0 radical (unpaired) electrons. The lowest BCUT2D eigenvalue weighted by molar-refractivity contribution is -0.302.